The zero-order valence-electron chi connectivity index (χ0n) is 31.3. The minimum atomic E-state index is -0.680. The fraction of sp³-hybridized carbons (Fsp3) is 0.744. The molecule has 12 nitrogen and oxygen atoms in total. The van der Waals surface area contributed by atoms with Crippen molar-refractivity contribution in [3.63, 3.8) is 0 Å². The van der Waals surface area contributed by atoms with Crippen molar-refractivity contribution in [3.8, 4) is 0 Å². The number of fused-ring (bicyclic) bond motifs is 1. The minimum Gasteiger partial charge on any atom is -0.461 e. The molecule has 1 unspecified atom stereocenters. The number of rotatable bonds is 9. The highest BCUT2D eigenvalue weighted by Crippen LogP contribution is 2.68. The fourth-order valence-electron chi connectivity index (χ4n) is 10.8. The number of anilines is 1. The smallest absolute Gasteiger partial charge is 0.316 e. The summed E-state index contributed by atoms with van der Waals surface area (Å²) in [7, 11) is 0. The topological polar surface area (TPSA) is 157 Å². The number of aromatic nitrogens is 4. The summed E-state index contributed by atoms with van der Waals surface area (Å²) in [5, 5.41) is 12.0. The Balaban J connectivity index is 0.936. The number of carbonyl (C=O) groups excluding carboxylic acids is 3. The van der Waals surface area contributed by atoms with Gasteiger partial charge in [-0.25, -0.2) is 15.0 Å². The average Bonchev–Trinajstić information content (AvgIpc) is 3.87. The molecule has 284 valence electrons. The Kier molecular flexibility index (Phi) is 10.3. The van der Waals surface area contributed by atoms with Crippen LogP contribution in [0.15, 0.2) is 25.3 Å². The van der Waals surface area contributed by atoms with Crippen molar-refractivity contribution in [1.29, 1.82) is 0 Å². The van der Waals surface area contributed by atoms with E-state index < -0.39 is 23.0 Å². The lowest BCUT2D eigenvalue weighted by molar-refractivity contribution is -0.205. The highest BCUT2D eigenvalue weighted by Gasteiger charge is 2.68. The molecule has 3 N–H and O–H groups in total. The van der Waals surface area contributed by atoms with Crippen LogP contribution in [0.25, 0.3) is 11.2 Å². The molecule has 13 heteroatoms. The second-order valence-corrected chi connectivity index (χ2v) is 18.3. The SMILES string of the molecule is C=C[C@]1(C)C[C@@H](OC(=O)CSC2CCN(C(=O)CCn3cnc4c(N5CC[C@H](N)C5)ncnc43)CC2)[C@@]2(C)C3C(=O)CC[C@@]3(CC[C@H]2C)[C@@H](C)[C@@H]1O. The van der Waals surface area contributed by atoms with Crippen molar-refractivity contribution in [2.45, 2.75) is 116 Å². The van der Waals surface area contributed by atoms with E-state index in [0.29, 0.717) is 38.9 Å². The number of nitrogens with zero attached hydrogens (tertiary/aromatic N) is 6. The van der Waals surface area contributed by atoms with E-state index in [-0.39, 0.29) is 57.9 Å². The first kappa shape index (κ1) is 37.3. The predicted octanol–water partition coefficient (Wildman–Crippen LogP) is 4.38. The van der Waals surface area contributed by atoms with E-state index in [4.69, 9.17) is 10.5 Å². The van der Waals surface area contributed by atoms with E-state index in [1.165, 1.54) is 0 Å². The molecule has 2 aromatic rings. The number of ketones is 1. The van der Waals surface area contributed by atoms with Gasteiger partial charge in [0, 0.05) is 73.6 Å². The third kappa shape index (κ3) is 6.36. The van der Waals surface area contributed by atoms with Crippen LogP contribution in [0.2, 0.25) is 0 Å². The molecule has 0 spiro atoms. The van der Waals surface area contributed by atoms with Crippen LogP contribution in [-0.2, 0) is 25.7 Å². The normalized spacial score (nSPS) is 36.8. The van der Waals surface area contributed by atoms with Crippen molar-refractivity contribution >= 4 is 46.4 Å². The van der Waals surface area contributed by atoms with Crippen LogP contribution in [0, 0.1) is 34.0 Å². The number of aryl methyl sites for hydroxylation is 1. The average molecular weight is 736 g/mol. The number of amides is 1. The van der Waals surface area contributed by atoms with E-state index in [0.717, 1.165) is 68.6 Å². The number of ether oxygens (including phenoxy) is 1. The first-order chi connectivity index (χ1) is 24.8. The zero-order valence-corrected chi connectivity index (χ0v) is 32.2. The molecule has 3 aliphatic carbocycles. The lowest BCUT2D eigenvalue weighted by atomic mass is 9.44. The lowest BCUT2D eigenvalue weighted by Gasteiger charge is -2.61. The van der Waals surface area contributed by atoms with Crippen LogP contribution in [0.4, 0.5) is 5.82 Å². The molecular formula is C39H57N7O5S. The van der Waals surface area contributed by atoms with Crippen molar-refractivity contribution in [3.05, 3.63) is 25.3 Å². The second kappa shape index (κ2) is 14.3. The largest absolute Gasteiger partial charge is 0.461 e. The maximum Gasteiger partial charge on any atom is 0.316 e. The lowest BCUT2D eigenvalue weighted by Crippen LogP contribution is -2.63. The summed E-state index contributed by atoms with van der Waals surface area (Å²) in [6, 6.07) is 0.130. The van der Waals surface area contributed by atoms with Crippen molar-refractivity contribution in [2.24, 2.45) is 39.7 Å². The van der Waals surface area contributed by atoms with Crippen LogP contribution in [0.3, 0.4) is 0 Å². The summed E-state index contributed by atoms with van der Waals surface area (Å²) < 4.78 is 8.37. The van der Waals surface area contributed by atoms with Gasteiger partial charge in [-0.15, -0.1) is 18.3 Å². The van der Waals surface area contributed by atoms with Crippen LogP contribution < -0.4 is 10.6 Å². The molecule has 2 aliphatic heterocycles. The molecule has 0 aromatic carbocycles. The fourth-order valence-corrected chi connectivity index (χ4v) is 11.8. The minimum absolute atomic E-state index is 0.0581. The Morgan fingerprint density at radius 3 is 2.60 bits per heavy atom. The Morgan fingerprint density at radius 2 is 1.88 bits per heavy atom. The summed E-state index contributed by atoms with van der Waals surface area (Å²) in [5.41, 5.74) is 6.11. The van der Waals surface area contributed by atoms with E-state index in [1.54, 1.807) is 24.4 Å². The number of carbonyl (C=O) groups is 3. The quantitative estimate of drug-likeness (QED) is 0.278. The van der Waals surface area contributed by atoms with Gasteiger partial charge in [-0.2, -0.15) is 0 Å². The molecule has 52 heavy (non-hydrogen) atoms. The zero-order chi connectivity index (χ0) is 37.0. The van der Waals surface area contributed by atoms with Crippen LogP contribution in [0.1, 0.15) is 85.5 Å². The maximum absolute atomic E-state index is 13.7. The summed E-state index contributed by atoms with van der Waals surface area (Å²) in [4.78, 5) is 58.2. The first-order valence-corrected chi connectivity index (χ1v) is 20.4. The third-order valence-electron chi connectivity index (χ3n) is 14.3. The molecular weight excluding hydrogens is 679 g/mol. The molecule has 2 saturated heterocycles. The monoisotopic (exact) mass is 735 g/mol. The number of likely N-dealkylation sites (tertiary alicyclic amines) is 1. The van der Waals surface area contributed by atoms with Gasteiger partial charge < -0.3 is 29.9 Å². The number of piperidine rings is 1. The van der Waals surface area contributed by atoms with Crippen LogP contribution in [-0.4, -0.2) is 103 Å². The van der Waals surface area contributed by atoms with Crippen molar-refractivity contribution in [1.82, 2.24) is 24.4 Å². The summed E-state index contributed by atoms with van der Waals surface area (Å²) in [5.74, 6) is 1.01. The molecule has 5 aliphatic rings. The van der Waals surface area contributed by atoms with E-state index in [1.807, 2.05) is 22.5 Å². The first-order valence-electron chi connectivity index (χ1n) is 19.4. The Hall–Kier alpha value is -3.03. The van der Waals surface area contributed by atoms with E-state index in [2.05, 4.69) is 47.2 Å². The number of hydrogen-bond acceptors (Lipinski definition) is 11. The van der Waals surface area contributed by atoms with Gasteiger partial charge in [0.25, 0.3) is 0 Å². The van der Waals surface area contributed by atoms with E-state index in [9.17, 15) is 19.5 Å². The van der Waals surface area contributed by atoms with Gasteiger partial charge in [-0.3, -0.25) is 14.4 Å². The molecule has 5 fully saturated rings. The molecule has 1 amide bonds. The summed E-state index contributed by atoms with van der Waals surface area (Å²) in [6.45, 7) is 16.0. The van der Waals surface area contributed by atoms with Crippen molar-refractivity contribution in [2.75, 3.05) is 36.8 Å². The number of Topliss-reactive ketones (excluding diaryl/α,β-unsaturated/α-hetero) is 1. The van der Waals surface area contributed by atoms with Gasteiger partial charge in [0.1, 0.15) is 18.2 Å². The predicted molar refractivity (Wildman–Crippen MR) is 201 cm³/mol. The molecule has 3 saturated carbocycles. The number of aliphatic hydroxyl groups is 1. The molecule has 7 rings (SSSR count). The van der Waals surface area contributed by atoms with Crippen LogP contribution in [0.5, 0.6) is 0 Å². The van der Waals surface area contributed by atoms with Gasteiger partial charge in [0.05, 0.1) is 18.2 Å². The molecule has 0 radical (unpaired) electrons. The molecule has 9 atom stereocenters. The number of thioether (sulfide) groups is 1. The highest BCUT2D eigenvalue weighted by molar-refractivity contribution is 8.00. The molecule has 2 aromatic heterocycles. The number of hydrogen-bond donors (Lipinski definition) is 2. The Morgan fingerprint density at radius 1 is 1.12 bits per heavy atom. The number of imidazole rings is 1. The van der Waals surface area contributed by atoms with Crippen LogP contribution >= 0.6 is 11.8 Å². The second-order valence-electron chi connectivity index (χ2n) is 17.0. The van der Waals surface area contributed by atoms with Gasteiger partial charge in [0.15, 0.2) is 17.0 Å². The Labute approximate surface area is 311 Å². The van der Waals surface area contributed by atoms with E-state index >= 15 is 0 Å². The molecule has 4 heterocycles. The number of aliphatic hydroxyl groups excluding tert-OH is 1. The summed E-state index contributed by atoms with van der Waals surface area (Å²) >= 11 is 1.60. The van der Waals surface area contributed by atoms with Gasteiger partial charge in [-0.1, -0.05) is 33.8 Å². The van der Waals surface area contributed by atoms with Gasteiger partial charge >= 0.3 is 5.97 Å². The highest BCUT2D eigenvalue weighted by atomic mass is 32.2. The van der Waals surface area contributed by atoms with Crippen molar-refractivity contribution < 1.29 is 24.2 Å². The summed E-state index contributed by atoms with van der Waals surface area (Å²) in [6.07, 6.45) is 10.4. The Bertz CT molecular complexity index is 1700. The number of esters is 1. The molecule has 2 bridgehead atoms. The van der Waals surface area contributed by atoms with Gasteiger partial charge in [0.2, 0.25) is 5.91 Å². The standard InChI is InChI=1S/C39H57N7O5S/c1-6-37(4)19-29(38(5)24(2)7-13-39(25(3)34(37)50)14-8-28(47)33(38)39)51-31(49)21-52-27-10-16-44(17-11-27)30(48)12-18-46-23-43-32-35(41-22-42-36(32)46)45-15-9-26(40)20-45/h6,22-27,29,33-34,50H,1,7-21,40H2,2-5H3/t24-,25+,26+,29-,33?,34+,37-,38+,39+/m1/s1. The maximum atomic E-state index is 13.7. The van der Waals surface area contributed by atoms with Gasteiger partial charge in [-0.05, 0) is 62.2 Å². The number of nitrogens with two attached hydrogens (primary N) is 1. The third-order valence-corrected chi connectivity index (χ3v) is 15.6.